The molecule has 0 bridgehead atoms. The van der Waals surface area contributed by atoms with Crippen LogP contribution >= 0.6 is 0 Å². The Balaban J connectivity index is 1.77. The smallest absolute Gasteiger partial charge is 0.0315 e. The number of rotatable bonds is 3. The molecule has 2 saturated heterocycles. The molecule has 0 aliphatic carbocycles. The quantitative estimate of drug-likeness (QED) is 0.844. The maximum Gasteiger partial charge on any atom is 0.0315 e. The predicted octanol–water partition coefficient (Wildman–Crippen LogP) is 2.69. The van der Waals surface area contributed by atoms with E-state index in [1.165, 1.54) is 43.6 Å². The van der Waals surface area contributed by atoms with Gasteiger partial charge in [0.2, 0.25) is 0 Å². The molecule has 110 valence electrons. The number of hydrogen-bond donors (Lipinski definition) is 0. The van der Waals surface area contributed by atoms with E-state index in [-0.39, 0.29) is 0 Å². The standard InChI is InChI=1S/C17H27N3/c1-13(2)17-12-19-8-4-5-16(19)11-20(17)10-15-9-18-7-6-14(15)3/h6-7,9,13,16-17H,4-5,8,10-12H2,1-3H3. The fourth-order valence-corrected chi connectivity index (χ4v) is 3.80. The van der Waals surface area contributed by atoms with Crippen molar-refractivity contribution < 1.29 is 0 Å². The highest BCUT2D eigenvalue weighted by Gasteiger charge is 2.37. The van der Waals surface area contributed by atoms with Crippen LogP contribution in [0.4, 0.5) is 0 Å². The minimum Gasteiger partial charge on any atom is -0.298 e. The third-order valence-corrected chi connectivity index (χ3v) is 5.13. The van der Waals surface area contributed by atoms with Crippen molar-refractivity contribution in [3.63, 3.8) is 0 Å². The summed E-state index contributed by atoms with van der Waals surface area (Å²) in [5.41, 5.74) is 2.76. The third kappa shape index (κ3) is 2.75. The minimum atomic E-state index is 0.684. The zero-order valence-corrected chi connectivity index (χ0v) is 13.0. The van der Waals surface area contributed by atoms with Gasteiger partial charge in [0.15, 0.2) is 0 Å². The van der Waals surface area contributed by atoms with Crippen LogP contribution in [0.25, 0.3) is 0 Å². The first-order valence-electron chi connectivity index (χ1n) is 8.02. The Hall–Kier alpha value is -0.930. The van der Waals surface area contributed by atoms with E-state index in [1.807, 2.05) is 12.4 Å². The normalized spacial score (nSPS) is 28.0. The molecule has 2 aliphatic heterocycles. The Morgan fingerprint density at radius 3 is 2.95 bits per heavy atom. The molecular formula is C17H27N3. The molecule has 2 fully saturated rings. The van der Waals surface area contributed by atoms with Gasteiger partial charge in [0, 0.05) is 44.1 Å². The molecule has 1 aromatic heterocycles. The SMILES string of the molecule is Cc1ccncc1CN1CC2CCCN2CC1C(C)C. The molecule has 0 amide bonds. The van der Waals surface area contributed by atoms with Crippen LogP contribution in [0.5, 0.6) is 0 Å². The largest absolute Gasteiger partial charge is 0.298 e. The number of hydrogen-bond acceptors (Lipinski definition) is 3. The van der Waals surface area contributed by atoms with Gasteiger partial charge in [-0.1, -0.05) is 13.8 Å². The van der Waals surface area contributed by atoms with Crippen LogP contribution in [0.2, 0.25) is 0 Å². The van der Waals surface area contributed by atoms with Crippen LogP contribution < -0.4 is 0 Å². The molecule has 2 aliphatic rings. The molecule has 0 spiro atoms. The summed E-state index contributed by atoms with van der Waals surface area (Å²) in [7, 11) is 0. The van der Waals surface area contributed by atoms with Gasteiger partial charge in [-0.2, -0.15) is 0 Å². The van der Waals surface area contributed by atoms with E-state index in [0.717, 1.165) is 12.6 Å². The molecule has 2 unspecified atom stereocenters. The summed E-state index contributed by atoms with van der Waals surface area (Å²) >= 11 is 0. The lowest BCUT2D eigenvalue weighted by Gasteiger charge is -2.45. The molecular weight excluding hydrogens is 246 g/mol. The van der Waals surface area contributed by atoms with Gasteiger partial charge in [-0.25, -0.2) is 0 Å². The van der Waals surface area contributed by atoms with Gasteiger partial charge in [0.05, 0.1) is 0 Å². The van der Waals surface area contributed by atoms with Crippen molar-refractivity contribution in [2.24, 2.45) is 5.92 Å². The number of nitrogens with zero attached hydrogens (tertiary/aromatic N) is 3. The van der Waals surface area contributed by atoms with Gasteiger partial charge in [-0.3, -0.25) is 14.8 Å². The van der Waals surface area contributed by atoms with Gasteiger partial charge in [0.1, 0.15) is 0 Å². The molecule has 3 heterocycles. The van der Waals surface area contributed by atoms with Crippen molar-refractivity contribution in [1.29, 1.82) is 0 Å². The molecule has 1 aromatic rings. The monoisotopic (exact) mass is 273 g/mol. The number of fused-ring (bicyclic) bond motifs is 1. The highest BCUT2D eigenvalue weighted by Crippen LogP contribution is 2.29. The van der Waals surface area contributed by atoms with Crippen molar-refractivity contribution >= 4 is 0 Å². The first kappa shape index (κ1) is 14.0. The van der Waals surface area contributed by atoms with Crippen LogP contribution in [0, 0.1) is 12.8 Å². The highest BCUT2D eigenvalue weighted by molar-refractivity contribution is 5.21. The van der Waals surface area contributed by atoms with E-state index in [0.29, 0.717) is 12.0 Å². The second kappa shape index (κ2) is 5.82. The lowest BCUT2D eigenvalue weighted by molar-refractivity contribution is 0.0237. The molecule has 3 heteroatoms. The van der Waals surface area contributed by atoms with Crippen molar-refractivity contribution in [2.45, 2.75) is 52.2 Å². The number of aromatic nitrogens is 1. The number of piperazine rings is 1. The highest BCUT2D eigenvalue weighted by atomic mass is 15.3. The van der Waals surface area contributed by atoms with Crippen molar-refractivity contribution in [1.82, 2.24) is 14.8 Å². The van der Waals surface area contributed by atoms with Crippen molar-refractivity contribution in [3.05, 3.63) is 29.6 Å². The molecule has 0 aromatic carbocycles. The molecule has 2 atom stereocenters. The number of pyridine rings is 1. The van der Waals surface area contributed by atoms with E-state index >= 15 is 0 Å². The van der Waals surface area contributed by atoms with Gasteiger partial charge in [-0.05, 0) is 49.4 Å². The summed E-state index contributed by atoms with van der Waals surface area (Å²) in [5.74, 6) is 0.716. The van der Waals surface area contributed by atoms with Crippen molar-refractivity contribution in [3.8, 4) is 0 Å². The summed E-state index contributed by atoms with van der Waals surface area (Å²) in [6.07, 6.45) is 6.71. The van der Waals surface area contributed by atoms with Gasteiger partial charge in [-0.15, -0.1) is 0 Å². The van der Waals surface area contributed by atoms with E-state index < -0.39 is 0 Å². The van der Waals surface area contributed by atoms with Crippen LogP contribution in [-0.2, 0) is 6.54 Å². The average molecular weight is 273 g/mol. The summed E-state index contributed by atoms with van der Waals surface area (Å²) in [6, 6.07) is 3.61. The average Bonchev–Trinajstić information content (AvgIpc) is 2.87. The molecule has 0 radical (unpaired) electrons. The van der Waals surface area contributed by atoms with E-state index in [9.17, 15) is 0 Å². The topological polar surface area (TPSA) is 19.4 Å². The van der Waals surface area contributed by atoms with Gasteiger partial charge in [0.25, 0.3) is 0 Å². The van der Waals surface area contributed by atoms with Crippen molar-refractivity contribution in [2.75, 3.05) is 19.6 Å². The maximum absolute atomic E-state index is 4.31. The lowest BCUT2D eigenvalue weighted by atomic mass is 9.96. The summed E-state index contributed by atoms with van der Waals surface area (Å²) in [5, 5.41) is 0. The minimum absolute atomic E-state index is 0.684. The van der Waals surface area contributed by atoms with Crippen LogP contribution in [-0.4, -0.2) is 46.5 Å². The Morgan fingerprint density at radius 2 is 2.20 bits per heavy atom. The predicted molar refractivity (Wildman–Crippen MR) is 82.6 cm³/mol. The van der Waals surface area contributed by atoms with Crippen LogP contribution in [0.3, 0.4) is 0 Å². The fourth-order valence-electron chi connectivity index (χ4n) is 3.80. The molecule has 0 N–H and O–H groups in total. The second-order valence-electron chi connectivity index (χ2n) is 6.83. The lowest BCUT2D eigenvalue weighted by Crippen LogP contribution is -2.57. The van der Waals surface area contributed by atoms with Crippen LogP contribution in [0.15, 0.2) is 18.5 Å². The first-order chi connectivity index (χ1) is 9.65. The van der Waals surface area contributed by atoms with Gasteiger partial charge < -0.3 is 0 Å². The first-order valence-corrected chi connectivity index (χ1v) is 8.02. The molecule has 3 rings (SSSR count). The summed E-state index contributed by atoms with van der Waals surface area (Å²) < 4.78 is 0. The van der Waals surface area contributed by atoms with E-state index in [1.54, 1.807) is 0 Å². The van der Waals surface area contributed by atoms with Gasteiger partial charge >= 0.3 is 0 Å². The zero-order valence-electron chi connectivity index (χ0n) is 13.0. The second-order valence-corrected chi connectivity index (χ2v) is 6.83. The summed E-state index contributed by atoms with van der Waals surface area (Å²) in [4.78, 5) is 9.74. The zero-order chi connectivity index (χ0) is 14.1. The fraction of sp³-hybridized carbons (Fsp3) is 0.706. The summed E-state index contributed by atoms with van der Waals surface area (Å²) in [6.45, 7) is 11.8. The molecule has 20 heavy (non-hydrogen) atoms. The molecule has 3 nitrogen and oxygen atoms in total. The van der Waals surface area contributed by atoms with E-state index in [2.05, 4.69) is 41.6 Å². The Bertz CT molecular complexity index is 457. The Kier molecular flexibility index (Phi) is 4.08. The Labute approximate surface area is 123 Å². The molecule has 0 saturated carbocycles. The maximum atomic E-state index is 4.31. The third-order valence-electron chi connectivity index (χ3n) is 5.13. The Morgan fingerprint density at radius 1 is 1.35 bits per heavy atom. The van der Waals surface area contributed by atoms with E-state index in [4.69, 9.17) is 0 Å². The number of aryl methyl sites for hydroxylation is 1. The van der Waals surface area contributed by atoms with Crippen LogP contribution in [0.1, 0.15) is 37.8 Å².